The molecule has 0 aromatic heterocycles. The van der Waals surface area contributed by atoms with Gasteiger partial charge in [-0.3, -0.25) is 0 Å². The quantitative estimate of drug-likeness (QED) is 0.550. The van der Waals surface area contributed by atoms with E-state index in [2.05, 4.69) is 54.3 Å². The zero-order valence-electron chi connectivity index (χ0n) is 8.53. The third-order valence-corrected chi connectivity index (χ3v) is 2.94. The van der Waals surface area contributed by atoms with E-state index in [1.54, 1.807) is 0 Å². The normalized spacial score (nSPS) is 17.1. The number of benzene rings is 1. The molecule has 0 spiro atoms. The average molecular weight is 192 g/mol. The first-order chi connectivity index (χ1) is 7.43. The molecule has 0 saturated carbocycles. The van der Waals surface area contributed by atoms with Gasteiger partial charge in [-0.15, -0.1) is 5.73 Å². The highest BCUT2D eigenvalue weighted by Crippen LogP contribution is 2.31. The van der Waals surface area contributed by atoms with Crippen LogP contribution in [0.4, 0.5) is 0 Å². The Morgan fingerprint density at radius 1 is 0.933 bits per heavy atom. The van der Waals surface area contributed by atoms with Crippen molar-refractivity contribution >= 4 is 5.57 Å². The van der Waals surface area contributed by atoms with Gasteiger partial charge in [-0.05, 0) is 36.1 Å². The van der Waals surface area contributed by atoms with Crippen molar-refractivity contribution in [2.75, 3.05) is 0 Å². The van der Waals surface area contributed by atoms with Crippen LogP contribution >= 0.6 is 0 Å². The molecule has 0 fully saturated rings. The molecule has 72 valence electrons. The molecule has 0 atom stereocenters. The van der Waals surface area contributed by atoms with E-state index in [-0.39, 0.29) is 0 Å². The van der Waals surface area contributed by atoms with E-state index in [0.29, 0.717) is 0 Å². The van der Waals surface area contributed by atoms with E-state index in [1.807, 2.05) is 0 Å². The zero-order chi connectivity index (χ0) is 10.1. The van der Waals surface area contributed by atoms with Crippen molar-refractivity contribution in [3.05, 3.63) is 71.0 Å². The zero-order valence-corrected chi connectivity index (χ0v) is 8.53. The van der Waals surface area contributed by atoms with Crippen LogP contribution in [0.15, 0.2) is 59.9 Å². The number of rotatable bonds is 0. The van der Waals surface area contributed by atoms with Crippen LogP contribution in [0.1, 0.15) is 17.5 Å². The smallest absolute Gasteiger partial charge is 0.0167 e. The van der Waals surface area contributed by atoms with E-state index >= 15 is 0 Å². The second-order valence-corrected chi connectivity index (χ2v) is 3.93. The summed E-state index contributed by atoms with van der Waals surface area (Å²) in [6, 6.07) is 8.64. The molecule has 0 nitrogen and oxygen atoms in total. The minimum absolute atomic E-state index is 1.13. The SMILES string of the molecule is C(=C1C=CC=C1)=C1CCc2ccccc21. The Morgan fingerprint density at radius 2 is 1.73 bits per heavy atom. The second-order valence-electron chi connectivity index (χ2n) is 3.93. The lowest BCUT2D eigenvalue weighted by atomic mass is 10.1. The van der Waals surface area contributed by atoms with Gasteiger partial charge in [0.1, 0.15) is 0 Å². The first-order valence-corrected chi connectivity index (χ1v) is 5.36. The van der Waals surface area contributed by atoms with Gasteiger partial charge in [-0.2, -0.15) is 0 Å². The van der Waals surface area contributed by atoms with Crippen LogP contribution < -0.4 is 0 Å². The summed E-state index contributed by atoms with van der Waals surface area (Å²) >= 11 is 0. The van der Waals surface area contributed by atoms with Crippen LogP contribution in [0.25, 0.3) is 5.57 Å². The van der Waals surface area contributed by atoms with Crippen LogP contribution in [0.5, 0.6) is 0 Å². The molecule has 0 heteroatoms. The molecule has 15 heavy (non-hydrogen) atoms. The van der Waals surface area contributed by atoms with Crippen LogP contribution in [-0.2, 0) is 6.42 Å². The van der Waals surface area contributed by atoms with Crippen LogP contribution in [-0.4, -0.2) is 0 Å². The molecule has 0 bridgehead atoms. The number of allylic oxidation sites excluding steroid dienone is 5. The van der Waals surface area contributed by atoms with Gasteiger partial charge in [0, 0.05) is 11.1 Å². The van der Waals surface area contributed by atoms with E-state index in [0.717, 1.165) is 6.42 Å². The Bertz CT molecular complexity index is 507. The standard InChI is InChI=1S/C15H12/c1-2-6-12(5-1)11-14-10-9-13-7-3-4-8-15(13)14/h1-8H,9-10H2. The summed E-state index contributed by atoms with van der Waals surface area (Å²) in [7, 11) is 0. The highest BCUT2D eigenvalue weighted by Gasteiger charge is 2.14. The fourth-order valence-corrected chi connectivity index (χ4v) is 2.19. The van der Waals surface area contributed by atoms with E-state index in [4.69, 9.17) is 0 Å². The van der Waals surface area contributed by atoms with E-state index in [1.165, 1.54) is 28.7 Å². The topological polar surface area (TPSA) is 0 Å². The molecule has 0 amide bonds. The molecule has 1 aromatic rings. The molecule has 0 radical (unpaired) electrons. The van der Waals surface area contributed by atoms with Crippen LogP contribution in [0, 0.1) is 0 Å². The van der Waals surface area contributed by atoms with Gasteiger partial charge in [0.25, 0.3) is 0 Å². The number of aryl methyl sites for hydroxylation is 1. The molecular weight excluding hydrogens is 180 g/mol. The summed E-state index contributed by atoms with van der Waals surface area (Å²) in [5, 5.41) is 0. The lowest BCUT2D eigenvalue weighted by molar-refractivity contribution is 1.08. The minimum atomic E-state index is 1.13. The summed E-state index contributed by atoms with van der Waals surface area (Å²) in [6.45, 7) is 0. The van der Waals surface area contributed by atoms with E-state index in [9.17, 15) is 0 Å². The predicted molar refractivity (Wildman–Crippen MR) is 63.5 cm³/mol. The Balaban J connectivity index is 2.15. The van der Waals surface area contributed by atoms with Crippen molar-refractivity contribution in [1.82, 2.24) is 0 Å². The van der Waals surface area contributed by atoms with Crippen molar-refractivity contribution in [2.24, 2.45) is 0 Å². The summed E-state index contributed by atoms with van der Waals surface area (Å²) in [4.78, 5) is 0. The van der Waals surface area contributed by atoms with Crippen LogP contribution in [0.3, 0.4) is 0 Å². The van der Waals surface area contributed by atoms with Crippen molar-refractivity contribution in [1.29, 1.82) is 0 Å². The van der Waals surface area contributed by atoms with E-state index < -0.39 is 0 Å². The van der Waals surface area contributed by atoms with Gasteiger partial charge >= 0.3 is 0 Å². The van der Waals surface area contributed by atoms with Gasteiger partial charge in [0.05, 0.1) is 0 Å². The molecule has 0 aliphatic heterocycles. The van der Waals surface area contributed by atoms with Crippen molar-refractivity contribution in [2.45, 2.75) is 12.8 Å². The maximum Gasteiger partial charge on any atom is 0.0167 e. The van der Waals surface area contributed by atoms with Gasteiger partial charge in [-0.1, -0.05) is 36.4 Å². The fraction of sp³-hybridized carbons (Fsp3) is 0.133. The number of hydrogen-bond acceptors (Lipinski definition) is 0. The van der Waals surface area contributed by atoms with Gasteiger partial charge in [0.15, 0.2) is 0 Å². The summed E-state index contributed by atoms with van der Waals surface area (Å²) in [5.41, 5.74) is 8.90. The summed E-state index contributed by atoms with van der Waals surface area (Å²) < 4.78 is 0. The fourth-order valence-electron chi connectivity index (χ4n) is 2.19. The Labute approximate surface area is 89.9 Å². The third kappa shape index (κ3) is 1.49. The molecular formula is C15H12. The Morgan fingerprint density at radius 3 is 2.60 bits per heavy atom. The van der Waals surface area contributed by atoms with Gasteiger partial charge in [0.2, 0.25) is 0 Å². The highest BCUT2D eigenvalue weighted by molar-refractivity contribution is 5.73. The summed E-state index contributed by atoms with van der Waals surface area (Å²) in [6.07, 6.45) is 10.6. The van der Waals surface area contributed by atoms with Crippen molar-refractivity contribution in [3.63, 3.8) is 0 Å². The van der Waals surface area contributed by atoms with Gasteiger partial charge in [-0.25, -0.2) is 0 Å². The largest absolute Gasteiger partial charge is 0.109 e. The average Bonchev–Trinajstić information content (AvgIpc) is 2.89. The molecule has 3 rings (SSSR count). The number of fused-ring (bicyclic) bond motifs is 1. The lowest BCUT2D eigenvalue weighted by Gasteiger charge is -1.96. The molecule has 0 saturated heterocycles. The first kappa shape index (κ1) is 8.52. The highest BCUT2D eigenvalue weighted by atomic mass is 14.2. The molecule has 0 N–H and O–H groups in total. The van der Waals surface area contributed by atoms with Crippen molar-refractivity contribution < 1.29 is 0 Å². The molecule has 1 aromatic carbocycles. The Hall–Kier alpha value is -1.78. The van der Waals surface area contributed by atoms with Gasteiger partial charge < -0.3 is 0 Å². The molecule has 2 aliphatic rings. The monoisotopic (exact) mass is 192 g/mol. The molecule has 2 aliphatic carbocycles. The maximum absolute atomic E-state index is 3.49. The Kier molecular flexibility index (Phi) is 1.94. The second kappa shape index (κ2) is 3.42. The minimum Gasteiger partial charge on any atom is -0.109 e. The lowest BCUT2D eigenvalue weighted by Crippen LogP contribution is -1.77. The first-order valence-electron chi connectivity index (χ1n) is 5.36. The predicted octanol–water partition coefficient (Wildman–Crippen LogP) is 3.67. The number of hydrogen-bond donors (Lipinski definition) is 0. The third-order valence-electron chi connectivity index (χ3n) is 2.94. The van der Waals surface area contributed by atoms with Crippen molar-refractivity contribution in [3.8, 4) is 0 Å². The maximum atomic E-state index is 3.49. The molecule has 0 heterocycles. The summed E-state index contributed by atoms with van der Waals surface area (Å²) in [5.74, 6) is 0. The van der Waals surface area contributed by atoms with Crippen LogP contribution in [0.2, 0.25) is 0 Å². The molecule has 0 unspecified atom stereocenters.